The molecule has 2 aromatic rings. The Morgan fingerprint density at radius 1 is 1.21 bits per heavy atom. The highest BCUT2D eigenvalue weighted by atomic mass is 16.3. The Balaban J connectivity index is 1.36. The molecular weight excluding hydrogens is 306 g/mol. The lowest BCUT2D eigenvalue weighted by Crippen LogP contribution is -2.40. The molecule has 0 bridgehead atoms. The molecule has 1 heterocycles. The number of aliphatic hydroxyl groups excluding tert-OH is 1. The van der Waals surface area contributed by atoms with Crippen molar-refractivity contribution in [1.82, 2.24) is 10.3 Å². The molecule has 0 atom stereocenters. The fourth-order valence-corrected chi connectivity index (χ4v) is 3.37. The Morgan fingerprint density at radius 3 is 2.71 bits per heavy atom. The number of rotatable bonds is 4. The van der Waals surface area contributed by atoms with Crippen molar-refractivity contribution < 1.29 is 14.3 Å². The summed E-state index contributed by atoms with van der Waals surface area (Å²) < 4.78 is 5.73. The Kier molecular flexibility index (Phi) is 4.14. The summed E-state index contributed by atoms with van der Waals surface area (Å²) in [5.74, 6) is 1.68. The van der Waals surface area contributed by atoms with Crippen LogP contribution in [0.3, 0.4) is 0 Å². The average Bonchev–Trinajstić information content (AvgIpc) is 3.35. The van der Waals surface area contributed by atoms with E-state index in [2.05, 4.69) is 15.6 Å². The molecular formula is C18H23N3O3. The summed E-state index contributed by atoms with van der Waals surface area (Å²) in [7, 11) is 0. The van der Waals surface area contributed by atoms with Gasteiger partial charge in [0, 0.05) is 24.3 Å². The minimum absolute atomic E-state index is 0.185. The molecule has 24 heavy (non-hydrogen) atoms. The van der Waals surface area contributed by atoms with Gasteiger partial charge in [0.05, 0.1) is 0 Å². The minimum Gasteiger partial charge on any atom is -0.440 e. The van der Waals surface area contributed by atoms with E-state index in [4.69, 9.17) is 9.52 Å². The van der Waals surface area contributed by atoms with E-state index in [1.54, 1.807) is 0 Å². The van der Waals surface area contributed by atoms with Gasteiger partial charge >= 0.3 is 6.03 Å². The number of nitrogens with one attached hydrogen (secondary N) is 2. The first-order chi connectivity index (χ1) is 11.7. The van der Waals surface area contributed by atoms with Crippen molar-refractivity contribution in [1.29, 1.82) is 0 Å². The van der Waals surface area contributed by atoms with Gasteiger partial charge in [-0.15, -0.1) is 0 Å². The van der Waals surface area contributed by atoms with E-state index in [1.807, 2.05) is 18.2 Å². The van der Waals surface area contributed by atoms with Gasteiger partial charge in [0.2, 0.25) is 0 Å². The zero-order valence-electron chi connectivity index (χ0n) is 13.6. The molecule has 1 aromatic carbocycles. The number of aliphatic hydroxyl groups is 1. The molecule has 2 aliphatic rings. The molecule has 0 unspecified atom stereocenters. The second-order valence-electron chi connectivity index (χ2n) is 7.01. The van der Waals surface area contributed by atoms with Crippen molar-refractivity contribution >= 4 is 22.8 Å². The number of benzene rings is 1. The standard InChI is InChI=1S/C18H23N3O3/c22-10-11-1-5-13(6-2-11)19-18(23)20-14-7-8-16-15(9-14)21-17(24-16)12-3-4-12/h7-9,11-13,22H,1-6,10H2,(H2,19,20,23). The number of aromatic nitrogens is 1. The number of hydrogen-bond acceptors (Lipinski definition) is 4. The lowest BCUT2D eigenvalue weighted by molar-refractivity contribution is 0.176. The van der Waals surface area contributed by atoms with E-state index >= 15 is 0 Å². The maximum Gasteiger partial charge on any atom is 0.319 e. The molecule has 1 aromatic heterocycles. The molecule has 2 aliphatic carbocycles. The maximum absolute atomic E-state index is 12.2. The highest BCUT2D eigenvalue weighted by molar-refractivity contribution is 5.91. The molecule has 0 spiro atoms. The smallest absolute Gasteiger partial charge is 0.319 e. The molecule has 6 heteroatoms. The van der Waals surface area contributed by atoms with Crippen LogP contribution in [0.1, 0.15) is 50.3 Å². The first-order valence-electron chi connectivity index (χ1n) is 8.80. The molecule has 128 valence electrons. The summed E-state index contributed by atoms with van der Waals surface area (Å²) in [4.78, 5) is 16.7. The number of amides is 2. The second kappa shape index (κ2) is 6.43. The quantitative estimate of drug-likeness (QED) is 0.802. The van der Waals surface area contributed by atoms with Gasteiger partial charge in [-0.3, -0.25) is 0 Å². The summed E-state index contributed by atoms with van der Waals surface area (Å²) in [5, 5.41) is 15.1. The van der Waals surface area contributed by atoms with Crippen molar-refractivity contribution in [2.75, 3.05) is 11.9 Å². The van der Waals surface area contributed by atoms with Crippen LogP contribution < -0.4 is 10.6 Å². The van der Waals surface area contributed by atoms with Crippen LogP contribution in [0.4, 0.5) is 10.5 Å². The van der Waals surface area contributed by atoms with Crippen LogP contribution in [0.5, 0.6) is 0 Å². The third-order valence-corrected chi connectivity index (χ3v) is 5.03. The van der Waals surface area contributed by atoms with Gasteiger partial charge in [0.25, 0.3) is 0 Å². The zero-order chi connectivity index (χ0) is 16.5. The summed E-state index contributed by atoms with van der Waals surface area (Å²) >= 11 is 0. The van der Waals surface area contributed by atoms with Crippen molar-refractivity contribution in [3.63, 3.8) is 0 Å². The molecule has 2 saturated carbocycles. The average molecular weight is 329 g/mol. The Morgan fingerprint density at radius 2 is 2.00 bits per heavy atom. The molecule has 0 saturated heterocycles. The number of nitrogens with zero attached hydrogens (tertiary/aromatic N) is 1. The minimum atomic E-state index is -0.187. The first-order valence-corrected chi connectivity index (χ1v) is 8.80. The van der Waals surface area contributed by atoms with E-state index in [-0.39, 0.29) is 18.7 Å². The number of anilines is 1. The van der Waals surface area contributed by atoms with E-state index in [9.17, 15) is 4.79 Å². The molecule has 2 amide bonds. The van der Waals surface area contributed by atoms with Crippen molar-refractivity contribution in [3.8, 4) is 0 Å². The largest absolute Gasteiger partial charge is 0.440 e. The zero-order valence-corrected chi connectivity index (χ0v) is 13.6. The van der Waals surface area contributed by atoms with Crippen LogP contribution in [-0.4, -0.2) is 28.8 Å². The number of carbonyl (C=O) groups excluding carboxylic acids is 1. The van der Waals surface area contributed by atoms with Crippen LogP contribution in [-0.2, 0) is 0 Å². The van der Waals surface area contributed by atoms with Crippen LogP contribution in [0.25, 0.3) is 11.1 Å². The number of oxazole rings is 1. The van der Waals surface area contributed by atoms with Gasteiger partial charge in [-0.05, 0) is 62.6 Å². The summed E-state index contributed by atoms with van der Waals surface area (Å²) in [6, 6.07) is 5.55. The monoisotopic (exact) mass is 329 g/mol. The lowest BCUT2D eigenvalue weighted by Gasteiger charge is -2.27. The molecule has 2 fully saturated rings. The summed E-state index contributed by atoms with van der Waals surface area (Å²) in [6.45, 7) is 0.249. The topological polar surface area (TPSA) is 87.4 Å². The normalized spacial score (nSPS) is 24.0. The third-order valence-electron chi connectivity index (χ3n) is 5.03. The van der Waals surface area contributed by atoms with E-state index < -0.39 is 0 Å². The predicted octanol–water partition coefficient (Wildman–Crippen LogP) is 3.38. The van der Waals surface area contributed by atoms with Crippen molar-refractivity contribution in [2.24, 2.45) is 5.92 Å². The van der Waals surface area contributed by atoms with Crippen molar-refractivity contribution in [2.45, 2.75) is 50.5 Å². The summed E-state index contributed by atoms with van der Waals surface area (Å²) in [6.07, 6.45) is 6.09. The second-order valence-corrected chi connectivity index (χ2v) is 7.01. The Labute approximate surface area is 140 Å². The number of hydrogen-bond donors (Lipinski definition) is 3. The fraction of sp³-hybridized carbons (Fsp3) is 0.556. The Bertz CT molecular complexity index is 730. The van der Waals surface area contributed by atoms with Gasteiger partial charge in [0.1, 0.15) is 5.52 Å². The van der Waals surface area contributed by atoms with Crippen LogP contribution in [0.2, 0.25) is 0 Å². The lowest BCUT2D eigenvalue weighted by atomic mass is 9.87. The maximum atomic E-state index is 12.2. The van der Waals surface area contributed by atoms with Gasteiger partial charge in [-0.25, -0.2) is 9.78 Å². The SMILES string of the molecule is O=C(Nc1ccc2oc(C3CC3)nc2c1)NC1CCC(CO)CC1. The van der Waals surface area contributed by atoms with Crippen LogP contribution >= 0.6 is 0 Å². The van der Waals surface area contributed by atoms with E-state index in [0.29, 0.717) is 11.8 Å². The Hall–Kier alpha value is -2.08. The van der Waals surface area contributed by atoms with Gasteiger partial charge in [0.15, 0.2) is 11.5 Å². The number of fused-ring (bicyclic) bond motifs is 1. The number of carbonyl (C=O) groups is 1. The van der Waals surface area contributed by atoms with Crippen molar-refractivity contribution in [3.05, 3.63) is 24.1 Å². The van der Waals surface area contributed by atoms with E-state index in [0.717, 1.165) is 61.2 Å². The van der Waals surface area contributed by atoms with Crippen LogP contribution in [0, 0.1) is 5.92 Å². The molecule has 0 radical (unpaired) electrons. The van der Waals surface area contributed by atoms with Gasteiger partial charge < -0.3 is 20.2 Å². The molecule has 0 aliphatic heterocycles. The highest BCUT2D eigenvalue weighted by Crippen LogP contribution is 2.40. The number of urea groups is 1. The molecule has 3 N–H and O–H groups in total. The van der Waals surface area contributed by atoms with Gasteiger partial charge in [-0.2, -0.15) is 0 Å². The van der Waals surface area contributed by atoms with Crippen LogP contribution in [0.15, 0.2) is 22.6 Å². The fourth-order valence-electron chi connectivity index (χ4n) is 3.37. The van der Waals surface area contributed by atoms with Gasteiger partial charge in [-0.1, -0.05) is 0 Å². The van der Waals surface area contributed by atoms with E-state index in [1.165, 1.54) is 0 Å². The molecule has 6 nitrogen and oxygen atoms in total. The summed E-state index contributed by atoms with van der Waals surface area (Å²) in [5.41, 5.74) is 2.28. The highest BCUT2D eigenvalue weighted by Gasteiger charge is 2.29. The third kappa shape index (κ3) is 3.38. The predicted molar refractivity (Wildman–Crippen MR) is 91.0 cm³/mol. The molecule has 4 rings (SSSR count). The first kappa shape index (κ1) is 15.4.